The van der Waals surface area contributed by atoms with Crippen molar-refractivity contribution >= 4 is 27.0 Å². The van der Waals surface area contributed by atoms with Gasteiger partial charge in [-0.15, -0.1) is 11.3 Å². The van der Waals surface area contributed by atoms with E-state index in [9.17, 15) is 8.42 Å². The molecule has 0 saturated carbocycles. The Hall–Kier alpha value is -2.89. The van der Waals surface area contributed by atoms with E-state index in [1.165, 1.54) is 21.8 Å². The fourth-order valence-electron chi connectivity index (χ4n) is 2.87. The minimum atomic E-state index is -3.71. The van der Waals surface area contributed by atoms with Crippen LogP contribution in [-0.4, -0.2) is 26.6 Å². The van der Waals surface area contributed by atoms with Crippen LogP contribution in [0.3, 0.4) is 0 Å². The number of rotatable bonds is 3. The van der Waals surface area contributed by atoms with Crippen molar-refractivity contribution in [3.63, 3.8) is 0 Å². The summed E-state index contributed by atoms with van der Waals surface area (Å²) in [5.74, 6) is 0.512. The molecule has 8 heteroatoms. The number of benzene rings is 2. The van der Waals surface area contributed by atoms with Gasteiger partial charge in [-0.1, -0.05) is 17.7 Å². The first-order chi connectivity index (χ1) is 13.0. The number of hydrogen-bond acceptors (Lipinski definition) is 6. The van der Waals surface area contributed by atoms with Crippen molar-refractivity contribution in [2.45, 2.75) is 11.8 Å². The van der Waals surface area contributed by atoms with Crippen molar-refractivity contribution in [3.05, 3.63) is 59.1 Å². The van der Waals surface area contributed by atoms with Crippen LogP contribution >= 0.6 is 11.3 Å². The maximum absolute atomic E-state index is 13.2. The normalized spacial score (nSPS) is 13.6. The molecule has 1 aliphatic rings. The first-order valence-electron chi connectivity index (χ1n) is 8.21. The Labute approximate surface area is 161 Å². The highest BCUT2D eigenvalue weighted by Gasteiger charge is 2.30. The predicted molar refractivity (Wildman–Crippen MR) is 103 cm³/mol. The molecule has 3 aromatic rings. The molecule has 0 spiro atoms. The molecule has 1 aromatic heterocycles. The molecule has 1 aliphatic heterocycles. The van der Waals surface area contributed by atoms with Gasteiger partial charge in [-0.2, -0.15) is 5.26 Å². The summed E-state index contributed by atoms with van der Waals surface area (Å²) in [5, 5.41) is 9.66. The topological polar surface area (TPSA) is 83.3 Å². The van der Waals surface area contributed by atoms with E-state index in [0.717, 1.165) is 11.1 Å². The van der Waals surface area contributed by atoms with Crippen molar-refractivity contribution in [2.24, 2.45) is 0 Å². The lowest BCUT2D eigenvalue weighted by atomic mass is 10.2. The number of sulfonamides is 1. The van der Waals surface area contributed by atoms with E-state index in [1.807, 2.05) is 13.0 Å². The molecule has 2 heterocycles. The van der Waals surface area contributed by atoms with Crippen molar-refractivity contribution in [2.75, 3.05) is 17.5 Å². The summed E-state index contributed by atoms with van der Waals surface area (Å²) in [6.45, 7) is 2.43. The lowest BCUT2D eigenvalue weighted by Crippen LogP contribution is -2.37. The minimum absolute atomic E-state index is 0.230. The van der Waals surface area contributed by atoms with Crippen molar-refractivity contribution in [3.8, 4) is 22.4 Å². The third-order valence-electron chi connectivity index (χ3n) is 4.25. The third kappa shape index (κ3) is 3.16. The Morgan fingerprint density at radius 2 is 2.00 bits per heavy atom. The Morgan fingerprint density at radius 1 is 1.22 bits per heavy atom. The molecule has 0 radical (unpaired) electrons. The average Bonchev–Trinajstić information content (AvgIpc) is 3.16. The molecular weight excluding hydrogens is 382 g/mol. The second-order valence-electron chi connectivity index (χ2n) is 6.06. The smallest absolute Gasteiger partial charge is 0.264 e. The standard InChI is InChI=1S/C19H15N3O3S2/c1-13-2-5-16(6-3-13)27(23,24)22-8-9-25-18-7-4-14(10-17(18)22)19-21-12-15(11-20)26-19/h2-7,10,12H,8-9H2,1H3. The number of nitrogens with zero attached hydrogens (tertiary/aromatic N) is 3. The van der Waals surface area contributed by atoms with Crippen LogP contribution in [0.1, 0.15) is 10.4 Å². The van der Waals surface area contributed by atoms with Crippen LogP contribution in [0.15, 0.2) is 53.6 Å². The molecule has 0 fully saturated rings. The molecule has 0 saturated heterocycles. The molecule has 0 N–H and O–H groups in total. The second kappa shape index (κ2) is 6.68. The van der Waals surface area contributed by atoms with Crippen LogP contribution in [0.2, 0.25) is 0 Å². The van der Waals surface area contributed by atoms with Crippen LogP contribution in [0.25, 0.3) is 10.6 Å². The summed E-state index contributed by atoms with van der Waals surface area (Å²) in [5.41, 5.74) is 2.22. The number of anilines is 1. The number of hydrogen-bond donors (Lipinski definition) is 0. The number of fused-ring (bicyclic) bond motifs is 1. The van der Waals surface area contributed by atoms with Gasteiger partial charge in [-0.3, -0.25) is 4.31 Å². The zero-order chi connectivity index (χ0) is 19.0. The molecule has 2 aromatic carbocycles. The molecule has 0 amide bonds. The number of nitriles is 1. The van der Waals surface area contributed by atoms with Gasteiger partial charge in [-0.25, -0.2) is 13.4 Å². The largest absolute Gasteiger partial charge is 0.489 e. The zero-order valence-corrected chi connectivity index (χ0v) is 16.0. The first-order valence-corrected chi connectivity index (χ1v) is 10.5. The summed E-state index contributed by atoms with van der Waals surface area (Å²) in [7, 11) is -3.71. The molecule has 0 bridgehead atoms. The van der Waals surface area contributed by atoms with E-state index < -0.39 is 10.0 Å². The van der Waals surface area contributed by atoms with Gasteiger partial charge in [0.15, 0.2) is 0 Å². The van der Waals surface area contributed by atoms with Crippen molar-refractivity contribution < 1.29 is 13.2 Å². The molecule has 0 unspecified atom stereocenters. The van der Waals surface area contributed by atoms with E-state index >= 15 is 0 Å². The van der Waals surface area contributed by atoms with E-state index in [0.29, 0.717) is 21.3 Å². The van der Waals surface area contributed by atoms with Crippen LogP contribution in [0.4, 0.5) is 5.69 Å². The maximum Gasteiger partial charge on any atom is 0.264 e. The Morgan fingerprint density at radius 3 is 2.70 bits per heavy atom. The van der Waals surface area contributed by atoms with E-state index in [-0.39, 0.29) is 18.0 Å². The second-order valence-corrected chi connectivity index (χ2v) is 8.96. The van der Waals surface area contributed by atoms with E-state index in [1.54, 1.807) is 36.4 Å². The van der Waals surface area contributed by atoms with E-state index in [4.69, 9.17) is 10.00 Å². The Bertz CT molecular complexity index is 1150. The molecule has 0 atom stereocenters. The van der Waals surface area contributed by atoms with Crippen LogP contribution < -0.4 is 9.04 Å². The SMILES string of the molecule is Cc1ccc(S(=O)(=O)N2CCOc3ccc(-c4ncc(C#N)s4)cc32)cc1. The minimum Gasteiger partial charge on any atom is -0.489 e. The highest BCUT2D eigenvalue weighted by molar-refractivity contribution is 7.92. The van der Waals surface area contributed by atoms with Gasteiger partial charge in [-0.05, 0) is 37.3 Å². The molecule has 0 aliphatic carbocycles. The van der Waals surface area contributed by atoms with Gasteiger partial charge in [0.05, 0.1) is 23.3 Å². The summed E-state index contributed by atoms with van der Waals surface area (Å²) in [4.78, 5) is 4.99. The van der Waals surface area contributed by atoms with Gasteiger partial charge >= 0.3 is 0 Å². The summed E-state index contributed by atoms with van der Waals surface area (Å²) >= 11 is 1.26. The molecule has 27 heavy (non-hydrogen) atoms. The Balaban J connectivity index is 1.79. The molecule has 4 rings (SSSR count). The summed E-state index contributed by atoms with van der Waals surface area (Å²) in [6, 6.07) is 14.2. The van der Waals surface area contributed by atoms with Gasteiger partial charge < -0.3 is 4.74 Å². The lowest BCUT2D eigenvalue weighted by Gasteiger charge is -2.30. The fourth-order valence-corrected chi connectivity index (χ4v) is 5.03. The average molecular weight is 397 g/mol. The van der Waals surface area contributed by atoms with Crippen LogP contribution in [0.5, 0.6) is 5.75 Å². The number of thiazole rings is 1. The summed E-state index contributed by atoms with van der Waals surface area (Å²) in [6.07, 6.45) is 1.51. The molecule has 136 valence electrons. The number of aromatic nitrogens is 1. The van der Waals surface area contributed by atoms with Gasteiger partial charge in [0.2, 0.25) is 0 Å². The van der Waals surface area contributed by atoms with E-state index in [2.05, 4.69) is 11.1 Å². The Kier molecular flexibility index (Phi) is 4.34. The van der Waals surface area contributed by atoms with Gasteiger partial charge in [0, 0.05) is 5.56 Å². The molecular formula is C19H15N3O3S2. The fraction of sp³-hybridized carbons (Fsp3) is 0.158. The molecule has 6 nitrogen and oxygen atoms in total. The quantitative estimate of drug-likeness (QED) is 0.675. The maximum atomic E-state index is 13.2. The third-order valence-corrected chi connectivity index (χ3v) is 7.03. The van der Waals surface area contributed by atoms with Crippen molar-refractivity contribution in [1.82, 2.24) is 4.98 Å². The summed E-state index contributed by atoms with van der Waals surface area (Å²) < 4.78 is 33.4. The number of ether oxygens (including phenoxy) is 1. The van der Waals surface area contributed by atoms with Gasteiger partial charge in [0.1, 0.15) is 28.3 Å². The van der Waals surface area contributed by atoms with Crippen molar-refractivity contribution in [1.29, 1.82) is 5.26 Å². The highest BCUT2D eigenvalue weighted by Crippen LogP contribution is 2.39. The first kappa shape index (κ1) is 17.5. The lowest BCUT2D eigenvalue weighted by molar-refractivity contribution is 0.316. The predicted octanol–water partition coefficient (Wildman–Crippen LogP) is 3.58. The van der Waals surface area contributed by atoms with Gasteiger partial charge in [0.25, 0.3) is 10.0 Å². The number of aryl methyl sites for hydroxylation is 1. The zero-order valence-electron chi connectivity index (χ0n) is 14.4. The monoisotopic (exact) mass is 397 g/mol. The highest BCUT2D eigenvalue weighted by atomic mass is 32.2. The van der Waals surface area contributed by atoms with Crippen LogP contribution in [-0.2, 0) is 10.0 Å². The van der Waals surface area contributed by atoms with Crippen LogP contribution in [0, 0.1) is 18.3 Å².